The first-order valence-corrected chi connectivity index (χ1v) is 43.3. The van der Waals surface area contributed by atoms with Crippen molar-refractivity contribution in [2.75, 3.05) is 72.0 Å². The van der Waals surface area contributed by atoms with Crippen LogP contribution in [0.2, 0.25) is 0 Å². The summed E-state index contributed by atoms with van der Waals surface area (Å²) in [5.74, 6) is -3.47. The summed E-state index contributed by atoms with van der Waals surface area (Å²) in [6, 6.07) is 71.4. The van der Waals surface area contributed by atoms with Crippen molar-refractivity contribution in [3.8, 4) is 0 Å². The maximum absolute atomic E-state index is 16.9. The van der Waals surface area contributed by atoms with Gasteiger partial charge in [-0.2, -0.15) is 17.9 Å². The lowest BCUT2D eigenvalue weighted by Crippen LogP contribution is -2.67. The minimum atomic E-state index is -0.901. The molecule has 0 aliphatic heterocycles. The van der Waals surface area contributed by atoms with Gasteiger partial charge in [-0.05, 0) is 136 Å². The molecule has 0 saturated heterocycles. The second-order valence-electron chi connectivity index (χ2n) is 31.4. The average Bonchev–Trinajstić information content (AvgIpc) is 0.757. The summed E-state index contributed by atoms with van der Waals surface area (Å²) in [7, 11) is 0. The van der Waals surface area contributed by atoms with E-state index in [9.17, 15) is 0 Å². The van der Waals surface area contributed by atoms with Crippen LogP contribution in [0.15, 0.2) is 243 Å². The highest BCUT2D eigenvalue weighted by Gasteiger charge is 2.54. The zero-order valence-corrected chi connectivity index (χ0v) is 68.6. The van der Waals surface area contributed by atoms with Crippen LogP contribution in [0.1, 0.15) is 296 Å². The Hall–Kier alpha value is -9.08. The van der Waals surface area contributed by atoms with Crippen molar-refractivity contribution in [1.82, 2.24) is 4.90 Å². The Balaban J connectivity index is 1.32. The van der Waals surface area contributed by atoms with E-state index in [1.165, 1.54) is 77.0 Å². The molecule has 8 aromatic carbocycles. The third-order valence-electron chi connectivity index (χ3n) is 23.2. The van der Waals surface area contributed by atoms with Gasteiger partial charge < -0.3 is 0 Å². The van der Waals surface area contributed by atoms with E-state index in [-0.39, 0.29) is 107 Å². The first-order chi connectivity index (χ1) is 55.3. The maximum atomic E-state index is 16.9. The van der Waals surface area contributed by atoms with Crippen molar-refractivity contribution in [3.63, 3.8) is 0 Å². The molecule has 0 heterocycles. The molecule has 0 spiro atoms. The lowest BCUT2D eigenvalue weighted by atomic mass is 10.0. The predicted octanol–water partition coefficient (Wildman–Crippen LogP) is 23.0. The number of hydrogen-bond donors (Lipinski definition) is 0. The fraction of sp³-hybridized carbons (Fsp3) is 0.440. The molecule has 0 unspecified atom stereocenters. The van der Waals surface area contributed by atoms with Gasteiger partial charge in [0.2, 0.25) is 0 Å². The van der Waals surface area contributed by atoms with Gasteiger partial charge in [0, 0.05) is 19.6 Å². The number of imide groups is 4. The largest absolute Gasteiger partial charge is 0.353 e. The number of amides is 8. The molecule has 0 N–H and O–H groups in total. The van der Waals surface area contributed by atoms with Crippen molar-refractivity contribution in [3.05, 3.63) is 287 Å². The van der Waals surface area contributed by atoms with Crippen molar-refractivity contribution in [1.29, 1.82) is 0 Å². The molecule has 0 aliphatic carbocycles. The van der Waals surface area contributed by atoms with E-state index in [4.69, 9.17) is 0 Å². The molecule has 0 atom stereocenters. The summed E-state index contributed by atoms with van der Waals surface area (Å²) in [5.41, 5.74) is 2.61. The summed E-state index contributed by atoms with van der Waals surface area (Å²) in [6.45, 7) is 6.13. The van der Waals surface area contributed by atoms with Crippen LogP contribution >= 0.6 is 0 Å². The number of unbranched alkanes of at least 4 members (excludes halogenated alkanes) is 27. The summed E-state index contributed by atoms with van der Waals surface area (Å²) in [6.07, 6.45) is 31.0. The Kier molecular flexibility index (Phi) is 39.2. The number of quaternary nitrogens is 4. The summed E-state index contributed by atoms with van der Waals surface area (Å²) in [4.78, 5) is 133. The van der Waals surface area contributed by atoms with E-state index in [1.54, 1.807) is 146 Å². The number of carbonyl (C=O) groups is 8. The molecule has 0 aliphatic rings. The summed E-state index contributed by atoms with van der Waals surface area (Å²) in [5, 5.41) is 0. The van der Waals surface area contributed by atoms with Crippen LogP contribution in [0.25, 0.3) is 0 Å². The minimum absolute atomic E-state index is 0.0169. The number of benzene rings is 8. The highest BCUT2D eigenvalue weighted by Crippen LogP contribution is 2.31. The lowest BCUT2D eigenvalue weighted by molar-refractivity contribution is -0.826. The minimum Gasteiger partial charge on any atom is -0.287 e. The normalized spacial score (nSPS) is 11.9. The van der Waals surface area contributed by atoms with Gasteiger partial charge in [0.15, 0.2) is 0 Å². The second kappa shape index (κ2) is 49.5. The zero-order chi connectivity index (χ0) is 80.1. The Morgan fingerprint density at radius 1 is 0.177 bits per heavy atom. The molecule has 8 aromatic rings. The Morgan fingerprint density at radius 2 is 0.310 bits per heavy atom. The van der Waals surface area contributed by atoms with Gasteiger partial charge in [-0.1, -0.05) is 320 Å². The molecule has 0 bridgehead atoms. The molecule has 8 rings (SSSR count). The first-order valence-electron chi connectivity index (χ1n) is 43.3. The van der Waals surface area contributed by atoms with Gasteiger partial charge in [-0.15, -0.1) is 0 Å². The van der Waals surface area contributed by atoms with Crippen LogP contribution in [0, 0.1) is 0 Å². The molecular weight excluding hydrogens is 1400 g/mol. The zero-order valence-electron chi connectivity index (χ0n) is 68.6. The van der Waals surface area contributed by atoms with Crippen molar-refractivity contribution in [2.24, 2.45) is 0 Å². The molecule has 0 saturated carbocycles. The maximum Gasteiger partial charge on any atom is 0.353 e. The monoisotopic (exact) mass is 1530 g/mol. The Bertz CT molecular complexity index is 3740. The predicted molar refractivity (Wildman–Crippen MR) is 458 cm³/mol. The fourth-order valence-electron chi connectivity index (χ4n) is 16.3. The third kappa shape index (κ3) is 26.5. The van der Waals surface area contributed by atoms with Gasteiger partial charge in [0.25, 0.3) is 0 Å². The molecular formula is C100H131N5O8+4. The fourth-order valence-corrected chi connectivity index (χ4v) is 16.3. The topological polar surface area (TPSA) is 140 Å². The van der Waals surface area contributed by atoms with Gasteiger partial charge in [0.1, 0.15) is 32.7 Å². The van der Waals surface area contributed by atoms with Crippen LogP contribution < -0.4 is 0 Å². The van der Waals surface area contributed by atoms with Crippen LogP contribution in [-0.4, -0.2) is 142 Å². The van der Waals surface area contributed by atoms with E-state index in [0.29, 0.717) is 52.6 Å². The standard InChI is InChI=1S/C100H131N5O8/c1-4-7-10-13-16-19-22-25-28-55-77-102(93(106)85-58-39-31-40-59-85,94(107)86-60-41-32-42-61-86)80-74-101(75-81-103(95(108)87-62-43-33-44-63-87,96(109)88-64-45-34-46-65-88)78-56-29-26-23-20-17-14-11-8-5-2)76-82-105(99(112)91-70-51-37-52-71-91,100(113)92-72-53-38-54-73-92)84-83-104(97(110)89-66-47-35-48-67-89,98(111)90-68-49-36-50-69-90)79-57-30-27-24-21-18-15-12-9-6-3/h31-54,58-73H,4-30,55-57,74-84H2,1-3H3/q+4. The van der Waals surface area contributed by atoms with Crippen molar-refractivity contribution in [2.45, 2.75) is 213 Å². The molecule has 0 fully saturated rings. The molecule has 113 heavy (non-hydrogen) atoms. The van der Waals surface area contributed by atoms with E-state index >= 15 is 38.4 Å². The highest BCUT2D eigenvalue weighted by atomic mass is 16.2. The van der Waals surface area contributed by atoms with Gasteiger partial charge in [-0.25, -0.2) is 38.4 Å². The van der Waals surface area contributed by atoms with Crippen LogP contribution in [0.4, 0.5) is 0 Å². The third-order valence-corrected chi connectivity index (χ3v) is 23.2. The first kappa shape index (κ1) is 89.5. The second-order valence-corrected chi connectivity index (χ2v) is 31.4. The van der Waals surface area contributed by atoms with Crippen molar-refractivity contribution < 1.29 is 56.3 Å². The summed E-state index contributed by atoms with van der Waals surface area (Å²) >= 11 is 0. The van der Waals surface area contributed by atoms with Crippen LogP contribution in [0.5, 0.6) is 0 Å². The SMILES string of the molecule is CCCCCCCCCCCC[N+](CCN(CC[N+](CCCCCCCCCCCC)(C(=O)c1ccccc1)C(=O)c1ccccc1)CC[N+](CC[N+](CCCCCCCCCCCC)(C(=O)c1ccccc1)C(=O)c1ccccc1)(C(=O)c1ccccc1)C(=O)c1ccccc1)(C(=O)c1ccccc1)C(=O)c1ccccc1. The Morgan fingerprint density at radius 3 is 0.469 bits per heavy atom. The smallest absolute Gasteiger partial charge is 0.287 e. The molecule has 8 amide bonds. The number of hydrogen-bond acceptors (Lipinski definition) is 9. The van der Waals surface area contributed by atoms with E-state index in [2.05, 4.69) is 25.7 Å². The quantitative estimate of drug-likeness (QED) is 0.0207. The molecule has 13 nitrogen and oxygen atoms in total. The van der Waals surface area contributed by atoms with E-state index in [0.717, 1.165) is 96.3 Å². The number of carbonyl (C=O) groups excluding carboxylic acids is 8. The van der Waals surface area contributed by atoms with Gasteiger partial charge in [0.05, 0.1) is 64.1 Å². The van der Waals surface area contributed by atoms with Gasteiger partial charge in [-0.3, -0.25) is 4.90 Å². The summed E-state index contributed by atoms with van der Waals surface area (Å²) < 4.78 is -2.81. The average molecular weight is 1530 g/mol. The molecule has 0 radical (unpaired) electrons. The molecule has 0 aromatic heterocycles. The van der Waals surface area contributed by atoms with Crippen LogP contribution in [0.3, 0.4) is 0 Å². The van der Waals surface area contributed by atoms with E-state index in [1.807, 2.05) is 97.1 Å². The van der Waals surface area contributed by atoms with Gasteiger partial charge >= 0.3 is 47.3 Å². The van der Waals surface area contributed by atoms with Crippen molar-refractivity contribution >= 4 is 47.3 Å². The lowest BCUT2D eigenvalue weighted by Gasteiger charge is -2.40. The van der Waals surface area contributed by atoms with Crippen LogP contribution in [-0.2, 0) is 0 Å². The number of rotatable bonds is 53. The molecule has 600 valence electrons. The highest BCUT2D eigenvalue weighted by molar-refractivity contribution is 6.05. The van der Waals surface area contributed by atoms with E-state index < -0.39 is 41.6 Å². The Labute approximate surface area is 677 Å². The molecule has 13 heteroatoms. The number of nitrogens with zero attached hydrogens (tertiary/aromatic N) is 5.